The molecule has 2 N–H and O–H groups in total. The van der Waals surface area contributed by atoms with E-state index in [1.165, 1.54) is 6.07 Å². The molecular formula is C18H27NO3. The fraction of sp³-hybridized carbons (Fsp3) is 0.556. The summed E-state index contributed by atoms with van der Waals surface area (Å²) in [5.41, 5.74) is -0.157. The number of ketones is 1. The second-order valence-electron chi connectivity index (χ2n) is 7.24. The molecule has 0 spiro atoms. The maximum absolute atomic E-state index is 12.4. The molecule has 0 radical (unpaired) electrons. The summed E-state index contributed by atoms with van der Waals surface area (Å²) in [5.74, 6) is -0.481. The molecule has 22 heavy (non-hydrogen) atoms. The molecule has 0 saturated heterocycles. The number of carbonyl (C=O) groups is 2. The number of nitrogens with one attached hydrogen (secondary N) is 1. The lowest BCUT2D eigenvalue weighted by molar-refractivity contribution is -0.132. The van der Waals surface area contributed by atoms with Crippen molar-refractivity contribution in [1.29, 1.82) is 0 Å². The van der Waals surface area contributed by atoms with Crippen LogP contribution >= 0.6 is 0 Å². The normalized spacial score (nSPS) is 12.0. The highest BCUT2D eigenvalue weighted by atomic mass is 16.3. The van der Waals surface area contributed by atoms with E-state index in [-0.39, 0.29) is 23.4 Å². The summed E-state index contributed by atoms with van der Waals surface area (Å²) < 4.78 is 0. The Bertz CT molecular complexity index is 547. The van der Waals surface area contributed by atoms with Gasteiger partial charge < -0.3 is 10.4 Å². The summed E-state index contributed by atoms with van der Waals surface area (Å²) in [5, 5.41) is 12.2. The molecule has 122 valence electrons. The van der Waals surface area contributed by atoms with Gasteiger partial charge in [0.2, 0.25) is 5.91 Å². The van der Waals surface area contributed by atoms with Crippen molar-refractivity contribution in [2.45, 2.75) is 53.9 Å². The zero-order valence-electron chi connectivity index (χ0n) is 14.2. The molecule has 0 fully saturated rings. The van der Waals surface area contributed by atoms with E-state index in [2.05, 4.69) is 26.1 Å². The molecule has 0 saturated carbocycles. The largest absolute Gasteiger partial charge is 0.506 e. The Morgan fingerprint density at radius 2 is 1.73 bits per heavy atom. The van der Waals surface area contributed by atoms with Crippen LogP contribution < -0.4 is 5.32 Å². The van der Waals surface area contributed by atoms with E-state index in [1.807, 2.05) is 13.8 Å². The smallest absolute Gasteiger partial charge is 0.231 e. The molecule has 1 aromatic carbocycles. The van der Waals surface area contributed by atoms with Crippen molar-refractivity contribution in [3.05, 3.63) is 24.3 Å². The van der Waals surface area contributed by atoms with Crippen LogP contribution in [0.3, 0.4) is 0 Å². The van der Waals surface area contributed by atoms with E-state index in [1.54, 1.807) is 18.2 Å². The van der Waals surface area contributed by atoms with E-state index in [0.717, 1.165) is 12.8 Å². The number of amides is 1. The Morgan fingerprint density at radius 3 is 2.27 bits per heavy atom. The molecule has 4 heteroatoms. The van der Waals surface area contributed by atoms with Gasteiger partial charge in [-0.25, -0.2) is 0 Å². The molecule has 4 nitrogen and oxygen atoms in total. The SMILES string of the molecule is CCC(C)(C)CC(C)(C)C(=O)CC(=O)Nc1ccccc1O. The van der Waals surface area contributed by atoms with Crippen molar-refractivity contribution < 1.29 is 14.7 Å². The van der Waals surface area contributed by atoms with Crippen LogP contribution in [0.15, 0.2) is 24.3 Å². The van der Waals surface area contributed by atoms with E-state index in [0.29, 0.717) is 5.69 Å². The highest BCUT2D eigenvalue weighted by Crippen LogP contribution is 2.37. The third kappa shape index (κ3) is 5.17. The van der Waals surface area contributed by atoms with E-state index >= 15 is 0 Å². The predicted molar refractivity (Wildman–Crippen MR) is 88.8 cm³/mol. The summed E-state index contributed by atoms with van der Waals surface area (Å²) in [4.78, 5) is 24.4. The lowest BCUT2D eigenvalue weighted by Crippen LogP contribution is -2.33. The van der Waals surface area contributed by atoms with Crippen molar-refractivity contribution in [3.63, 3.8) is 0 Å². The second-order valence-corrected chi connectivity index (χ2v) is 7.24. The summed E-state index contributed by atoms with van der Waals surface area (Å²) in [6, 6.07) is 6.48. The molecule has 0 aliphatic heterocycles. The summed E-state index contributed by atoms with van der Waals surface area (Å²) in [6.45, 7) is 10.1. The number of hydrogen-bond acceptors (Lipinski definition) is 3. The highest BCUT2D eigenvalue weighted by molar-refractivity contribution is 6.06. The van der Waals surface area contributed by atoms with Crippen molar-refractivity contribution in [2.24, 2.45) is 10.8 Å². The average molecular weight is 305 g/mol. The minimum atomic E-state index is -0.546. The van der Waals surface area contributed by atoms with Crippen LogP contribution in [0.4, 0.5) is 5.69 Å². The fourth-order valence-corrected chi connectivity index (χ4v) is 2.58. The third-order valence-electron chi connectivity index (χ3n) is 4.13. The minimum Gasteiger partial charge on any atom is -0.506 e. The maximum Gasteiger partial charge on any atom is 0.231 e. The molecule has 0 aliphatic carbocycles. The Balaban J connectivity index is 2.67. The number of carbonyl (C=O) groups excluding carboxylic acids is 2. The number of rotatable bonds is 7. The summed E-state index contributed by atoms with van der Waals surface area (Å²) in [6.07, 6.45) is 1.54. The number of phenols is 1. The molecule has 0 unspecified atom stereocenters. The van der Waals surface area contributed by atoms with Gasteiger partial charge in [0.15, 0.2) is 0 Å². The topological polar surface area (TPSA) is 66.4 Å². The van der Waals surface area contributed by atoms with Crippen LogP contribution in [0.5, 0.6) is 5.75 Å². The van der Waals surface area contributed by atoms with Crippen molar-refractivity contribution in [1.82, 2.24) is 0 Å². The molecule has 1 aromatic rings. The zero-order valence-corrected chi connectivity index (χ0v) is 14.2. The first-order valence-electron chi connectivity index (χ1n) is 7.68. The Kier molecular flexibility index (Phi) is 5.75. The number of hydrogen-bond donors (Lipinski definition) is 2. The molecule has 0 heterocycles. The van der Waals surface area contributed by atoms with Crippen molar-refractivity contribution in [2.75, 3.05) is 5.32 Å². The molecule has 1 rings (SSSR count). The summed E-state index contributed by atoms with van der Waals surface area (Å²) >= 11 is 0. The second kappa shape index (κ2) is 6.95. The van der Waals surface area contributed by atoms with Gasteiger partial charge in [0.25, 0.3) is 0 Å². The number of benzene rings is 1. The van der Waals surface area contributed by atoms with Gasteiger partial charge in [0.1, 0.15) is 11.5 Å². The van der Waals surface area contributed by atoms with E-state index in [9.17, 15) is 14.7 Å². The van der Waals surface area contributed by atoms with Gasteiger partial charge in [0, 0.05) is 5.41 Å². The van der Waals surface area contributed by atoms with Gasteiger partial charge in [0.05, 0.1) is 12.1 Å². The van der Waals surface area contributed by atoms with Crippen LogP contribution in [0, 0.1) is 10.8 Å². The number of phenolic OH excluding ortho intramolecular Hbond substituents is 1. The number of para-hydroxylation sites is 2. The first kappa shape index (κ1) is 18.2. The highest BCUT2D eigenvalue weighted by Gasteiger charge is 2.34. The predicted octanol–water partition coefficient (Wildman–Crippen LogP) is 4.14. The van der Waals surface area contributed by atoms with E-state index < -0.39 is 11.3 Å². The fourth-order valence-electron chi connectivity index (χ4n) is 2.58. The molecule has 0 bridgehead atoms. The lowest BCUT2D eigenvalue weighted by Gasteiger charge is -2.33. The zero-order chi connectivity index (χ0) is 17.0. The number of anilines is 1. The molecule has 0 aromatic heterocycles. The standard InChI is InChI=1S/C18H27NO3/c1-6-17(2,3)12-18(4,5)15(21)11-16(22)19-13-9-7-8-10-14(13)20/h7-10,20H,6,11-12H2,1-5H3,(H,19,22). The van der Waals surface area contributed by atoms with Gasteiger partial charge in [-0.15, -0.1) is 0 Å². The average Bonchev–Trinajstić information content (AvgIpc) is 2.40. The van der Waals surface area contributed by atoms with Crippen LogP contribution in [0.2, 0.25) is 0 Å². The van der Waals surface area contributed by atoms with Gasteiger partial charge >= 0.3 is 0 Å². The van der Waals surface area contributed by atoms with Gasteiger partial charge in [-0.3, -0.25) is 9.59 Å². The maximum atomic E-state index is 12.4. The minimum absolute atomic E-state index is 0.00493. The van der Waals surface area contributed by atoms with Gasteiger partial charge in [-0.1, -0.05) is 53.2 Å². The molecule has 0 atom stereocenters. The Hall–Kier alpha value is -1.84. The van der Waals surface area contributed by atoms with Gasteiger partial charge in [-0.05, 0) is 24.0 Å². The van der Waals surface area contributed by atoms with Gasteiger partial charge in [-0.2, -0.15) is 0 Å². The van der Waals surface area contributed by atoms with Crippen LogP contribution in [0.25, 0.3) is 0 Å². The molecule has 0 aliphatic rings. The lowest BCUT2D eigenvalue weighted by atomic mass is 9.71. The summed E-state index contributed by atoms with van der Waals surface area (Å²) in [7, 11) is 0. The van der Waals surface area contributed by atoms with Crippen LogP contribution in [-0.4, -0.2) is 16.8 Å². The number of Topliss-reactive ketones (excluding diaryl/α,β-unsaturated/α-hetero) is 1. The van der Waals surface area contributed by atoms with Crippen LogP contribution in [-0.2, 0) is 9.59 Å². The first-order valence-corrected chi connectivity index (χ1v) is 7.68. The third-order valence-corrected chi connectivity index (χ3v) is 4.13. The monoisotopic (exact) mass is 305 g/mol. The first-order chi connectivity index (χ1) is 10.1. The quantitative estimate of drug-likeness (QED) is 0.587. The van der Waals surface area contributed by atoms with Crippen molar-refractivity contribution >= 4 is 17.4 Å². The van der Waals surface area contributed by atoms with Crippen molar-refractivity contribution in [3.8, 4) is 5.75 Å². The number of aromatic hydroxyl groups is 1. The van der Waals surface area contributed by atoms with E-state index in [4.69, 9.17) is 0 Å². The van der Waals surface area contributed by atoms with Crippen LogP contribution in [0.1, 0.15) is 53.9 Å². The molecular weight excluding hydrogens is 278 g/mol. The Morgan fingerprint density at radius 1 is 1.14 bits per heavy atom. The molecule has 1 amide bonds. The Labute approximate surface area is 132 Å².